The van der Waals surface area contributed by atoms with Crippen LogP contribution in [0.15, 0.2) is 29.3 Å². The molecule has 3 rings (SSSR count). The first-order valence-corrected chi connectivity index (χ1v) is 7.45. The summed E-state index contributed by atoms with van der Waals surface area (Å²) in [7, 11) is 0. The predicted octanol–water partition coefficient (Wildman–Crippen LogP) is 3.20. The third-order valence-electron chi connectivity index (χ3n) is 2.53. The zero-order valence-corrected chi connectivity index (χ0v) is 11.6. The van der Waals surface area contributed by atoms with E-state index in [0.717, 1.165) is 25.9 Å². The van der Waals surface area contributed by atoms with Gasteiger partial charge in [0, 0.05) is 5.56 Å². The van der Waals surface area contributed by atoms with E-state index in [1.54, 1.807) is 12.1 Å². The second-order valence-corrected chi connectivity index (χ2v) is 5.54. The molecule has 4 nitrogen and oxygen atoms in total. The molecule has 0 aliphatic rings. The Balaban J connectivity index is 2.18. The van der Waals surface area contributed by atoms with Crippen LogP contribution in [0.5, 0.6) is 0 Å². The van der Waals surface area contributed by atoms with Gasteiger partial charge in [-0.05, 0) is 30.5 Å². The maximum atomic E-state index is 12.9. The van der Waals surface area contributed by atoms with Gasteiger partial charge in [-0.15, -0.1) is 11.8 Å². The molecule has 0 saturated heterocycles. The van der Waals surface area contributed by atoms with E-state index < -0.39 is 0 Å². The highest BCUT2D eigenvalue weighted by atomic mass is 32.2. The van der Waals surface area contributed by atoms with Gasteiger partial charge in [0.2, 0.25) is 5.95 Å². The highest BCUT2D eigenvalue weighted by molar-refractivity contribution is 7.98. The molecule has 3 aromatic rings. The lowest BCUT2D eigenvalue weighted by Gasteiger charge is -1.97. The Labute approximate surface area is 116 Å². The van der Waals surface area contributed by atoms with Crippen molar-refractivity contribution >= 4 is 39.4 Å². The molecule has 0 saturated carbocycles. The number of nitrogens with two attached hydrogens (primary N) is 1. The number of benzene rings is 1. The number of nitrogens with zero attached hydrogens (tertiary/aromatic N) is 3. The molecule has 2 N–H and O–H groups in total. The van der Waals surface area contributed by atoms with Gasteiger partial charge in [0.05, 0.1) is 0 Å². The summed E-state index contributed by atoms with van der Waals surface area (Å²) in [5.41, 5.74) is 7.26. The van der Waals surface area contributed by atoms with E-state index in [-0.39, 0.29) is 11.8 Å². The fourth-order valence-electron chi connectivity index (χ4n) is 1.67. The van der Waals surface area contributed by atoms with Crippen LogP contribution in [0.3, 0.4) is 0 Å². The quantitative estimate of drug-likeness (QED) is 0.580. The molecule has 0 aliphatic heterocycles. The van der Waals surface area contributed by atoms with E-state index in [9.17, 15) is 4.39 Å². The van der Waals surface area contributed by atoms with Gasteiger partial charge in [-0.2, -0.15) is 0 Å². The van der Waals surface area contributed by atoms with Crippen molar-refractivity contribution in [3.8, 4) is 10.6 Å². The maximum absolute atomic E-state index is 12.9. The monoisotopic (exact) mass is 292 g/mol. The number of aromatic nitrogens is 3. The average Bonchev–Trinajstić information content (AvgIpc) is 2.82. The highest BCUT2D eigenvalue weighted by Gasteiger charge is 2.13. The van der Waals surface area contributed by atoms with Gasteiger partial charge in [-0.25, -0.2) is 19.3 Å². The number of anilines is 1. The Morgan fingerprint density at radius 1 is 1.16 bits per heavy atom. The van der Waals surface area contributed by atoms with Crippen LogP contribution in [-0.2, 0) is 0 Å². The van der Waals surface area contributed by atoms with Crippen LogP contribution in [0.2, 0.25) is 0 Å². The molecule has 0 aliphatic carbocycles. The number of thiazole rings is 1. The Morgan fingerprint density at radius 2 is 1.89 bits per heavy atom. The van der Waals surface area contributed by atoms with Crippen LogP contribution in [0.1, 0.15) is 0 Å². The SMILES string of the molecule is CSc1nc(N)nc2sc(-c3ccc(F)cc3)nc12. The molecule has 0 amide bonds. The lowest BCUT2D eigenvalue weighted by atomic mass is 10.2. The minimum atomic E-state index is -0.265. The summed E-state index contributed by atoms with van der Waals surface area (Å²) in [6, 6.07) is 6.22. The van der Waals surface area contributed by atoms with E-state index in [2.05, 4.69) is 15.0 Å². The number of rotatable bonds is 2. The lowest BCUT2D eigenvalue weighted by molar-refractivity contribution is 0.628. The molecule has 2 heterocycles. The minimum Gasteiger partial charge on any atom is -0.368 e. The molecule has 2 aromatic heterocycles. The Bertz CT molecular complexity index is 739. The van der Waals surface area contributed by atoms with Crippen molar-refractivity contribution in [1.82, 2.24) is 15.0 Å². The molecular weight excluding hydrogens is 283 g/mol. The van der Waals surface area contributed by atoms with Crippen LogP contribution in [0.4, 0.5) is 10.3 Å². The summed E-state index contributed by atoms with van der Waals surface area (Å²) in [5, 5.41) is 1.54. The van der Waals surface area contributed by atoms with Gasteiger partial charge in [0.1, 0.15) is 21.4 Å². The molecule has 0 fully saturated rings. The number of fused-ring (bicyclic) bond motifs is 1. The number of hydrogen-bond acceptors (Lipinski definition) is 6. The number of thioether (sulfide) groups is 1. The van der Waals surface area contributed by atoms with Crippen LogP contribution >= 0.6 is 23.1 Å². The van der Waals surface area contributed by atoms with E-state index in [1.165, 1.54) is 35.2 Å². The number of halogens is 1. The summed E-state index contributed by atoms with van der Waals surface area (Å²) in [4.78, 5) is 13.6. The Kier molecular flexibility index (Phi) is 3.08. The molecule has 0 spiro atoms. The summed E-state index contributed by atoms with van der Waals surface area (Å²) >= 11 is 2.90. The third-order valence-corrected chi connectivity index (χ3v) is 4.20. The maximum Gasteiger partial charge on any atom is 0.222 e. The summed E-state index contributed by atoms with van der Waals surface area (Å²) in [6.45, 7) is 0. The van der Waals surface area contributed by atoms with Gasteiger partial charge < -0.3 is 5.73 Å². The van der Waals surface area contributed by atoms with Gasteiger partial charge in [0.15, 0.2) is 4.83 Å². The van der Waals surface area contributed by atoms with Gasteiger partial charge in [-0.1, -0.05) is 11.3 Å². The summed E-state index contributed by atoms with van der Waals surface area (Å²) < 4.78 is 12.9. The van der Waals surface area contributed by atoms with Gasteiger partial charge in [0.25, 0.3) is 0 Å². The van der Waals surface area contributed by atoms with Crippen LogP contribution < -0.4 is 5.73 Å². The highest BCUT2D eigenvalue weighted by Crippen LogP contribution is 2.33. The summed E-state index contributed by atoms with van der Waals surface area (Å²) in [6.07, 6.45) is 1.91. The molecule has 19 heavy (non-hydrogen) atoms. The van der Waals surface area contributed by atoms with E-state index in [4.69, 9.17) is 5.73 Å². The molecule has 0 radical (unpaired) electrons. The van der Waals surface area contributed by atoms with E-state index in [0.29, 0.717) is 0 Å². The second-order valence-electron chi connectivity index (χ2n) is 3.77. The molecule has 0 bridgehead atoms. The molecular formula is C12H9FN4S2. The van der Waals surface area contributed by atoms with Gasteiger partial charge in [-0.3, -0.25) is 0 Å². The van der Waals surface area contributed by atoms with E-state index >= 15 is 0 Å². The topological polar surface area (TPSA) is 64.7 Å². The summed E-state index contributed by atoms with van der Waals surface area (Å²) in [5.74, 6) is -0.0233. The first-order chi connectivity index (χ1) is 9.17. The van der Waals surface area contributed by atoms with Crippen LogP contribution in [-0.4, -0.2) is 21.2 Å². The van der Waals surface area contributed by atoms with Crippen molar-refractivity contribution in [2.24, 2.45) is 0 Å². The largest absolute Gasteiger partial charge is 0.368 e. The fourth-order valence-corrected chi connectivity index (χ4v) is 3.21. The zero-order chi connectivity index (χ0) is 13.4. The van der Waals surface area contributed by atoms with Gasteiger partial charge >= 0.3 is 0 Å². The number of hydrogen-bond donors (Lipinski definition) is 1. The minimum absolute atomic E-state index is 0.242. The average molecular weight is 292 g/mol. The van der Waals surface area contributed by atoms with Crippen molar-refractivity contribution in [3.63, 3.8) is 0 Å². The van der Waals surface area contributed by atoms with Crippen molar-refractivity contribution in [1.29, 1.82) is 0 Å². The predicted molar refractivity (Wildman–Crippen MR) is 76.8 cm³/mol. The molecule has 96 valence electrons. The molecule has 0 unspecified atom stereocenters. The lowest BCUT2D eigenvalue weighted by Crippen LogP contribution is -1.95. The molecule has 0 atom stereocenters. The Morgan fingerprint density at radius 3 is 2.58 bits per heavy atom. The zero-order valence-electron chi connectivity index (χ0n) is 9.92. The standard InChI is InChI=1S/C12H9FN4S2/c1-18-10-8-11(17-12(14)16-10)19-9(15-8)6-2-4-7(13)5-3-6/h2-5H,1H3,(H2,14,16,17). The normalized spacial score (nSPS) is 11.1. The van der Waals surface area contributed by atoms with Crippen molar-refractivity contribution in [2.75, 3.05) is 12.0 Å². The smallest absolute Gasteiger partial charge is 0.222 e. The molecule has 7 heteroatoms. The second kappa shape index (κ2) is 4.75. The third kappa shape index (κ3) is 2.26. The van der Waals surface area contributed by atoms with Crippen LogP contribution in [0.25, 0.3) is 20.9 Å². The first kappa shape index (κ1) is 12.3. The van der Waals surface area contributed by atoms with E-state index in [1.807, 2.05) is 6.26 Å². The van der Waals surface area contributed by atoms with Crippen molar-refractivity contribution in [2.45, 2.75) is 5.03 Å². The van der Waals surface area contributed by atoms with Crippen molar-refractivity contribution < 1.29 is 4.39 Å². The fraction of sp³-hybridized carbons (Fsp3) is 0.0833. The van der Waals surface area contributed by atoms with Crippen LogP contribution in [0, 0.1) is 5.82 Å². The van der Waals surface area contributed by atoms with Crippen molar-refractivity contribution in [3.05, 3.63) is 30.1 Å². The molecule has 1 aromatic carbocycles. The number of nitrogen functional groups attached to an aromatic ring is 1. The Hall–Kier alpha value is -1.73. The first-order valence-electron chi connectivity index (χ1n) is 5.41.